The zero-order valence-electron chi connectivity index (χ0n) is 51.1. The maximum atomic E-state index is 12.4. The van der Waals surface area contributed by atoms with Crippen LogP contribution in [0.4, 0.5) is 28.3 Å². The van der Waals surface area contributed by atoms with Crippen molar-refractivity contribution in [1.82, 2.24) is 55.4 Å². The molecule has 3 amide bonds. The fraction of sp³-hybridized carbons (Fsp3) is 0.649. The molecular weight excluding hydrogens is 1200 g/mol. The van der Waals surface area contributed by atoms with Crippen molar-refractivity contribution >= 4 is 89.2 Å². The van der Waals surface area contributed by atoms with Crippen LogP contribution in [0.2, 0.25) is 0 Å². The average molecular weight is 1290 g/mol. The highest BCUT2D eigenvalue weighted by Gasteiger charge is 2.30. The van der Waals surface area contributed by atoms with Gasteiger partial charge in [0.05, 0.1) is 26.2 Å². The van der Waals surface area contributed by atoms with Crippen LogP contribution in [0.3, 0.4) is 0 Å². The van der Waals surface area contributed by atoms with Gasteiger partial charge in [0, 0.05) is 103 Å². The first-order chi connectivity index (χ1) is 43.3. The molecule has 506 valence electrons. The van der Waals surface area contributed by atoms with Crippen LogP contribution in [0.25, 0.3) is 0 Å². The molecule has 2 saturated heterocycles. The van der Waals surface area contributed by atoms with E-state index in [1.54, 1.807) is 43.9 Å². The van der Waals surface area contributed by atoms with Gasteiger partial charge in [0.25, 0.3) is 0 Å². The molecule has 3 atom stereocenters. The van der Waals surface area contributed by atoms with Gasteiger partial charge in [-0.1, -0.05) is 50.7 Å². The van der Waals surface area contributed by atoms with Gasteiger partial charge in [0.15, 0.2) is 0 Å². The van der Waals surface area contributed by atoms with Crippen LogP contribution in [-0.4, -0.2) is 294 Å². The second-order valence-corrected chi connectivity index (χ2v) is 22.5. The third-order valence-electron chi connectivity index (χ3n) is 15.2. The summed E-state index contributed by atoms with van der Waals surface area (Å²) < 4.78 is 0. The molecule has 2 fully saturated rings. The lowest BCUT2D eigenvalue weighted by Crippen LogP contribution is -2.53. The van der Waals surface area contributed by atoms with Crippen LogP contribution in [0.1, 0.15) is 95.5 Å². The van der Waals surface area contributed by atoms with Gasteiger partial charge >= 0.3 is 59.8 Å². The molecule has 34 heteroatoms. The molecule has 1 aromatic carbocycles. The number of carbonyl (C=O) groups is 11. The number of carbonyl (C=O) groups excluding carboxylic acids is 2. The standard InChI is InChI=1S/C57H88N14O20/c72-44(58-19-9-8-11-42(52(87)88)60-57(91)61-43(53(89)90)17-18-45(73)74)12-7-5-3-1-2-4-6-10-20-65-25-28-69(29-26-65)55-62-54(63-56(64-55)71(37-50(83)84)38-51(85)86)59-40-15-13-39(14-16-40)31-41-32-68(35-48(79)80)24-23-66(33-46(75)76)21-22-67(34-47(77)78)27-30-70(41)36-49(81)82/h13-16,41-43H,1-12,17-38H2,(H,58,72)(H,73,74)(H,75,76)(H,77,78)(H,79,80)(H,81,82)(H,83,84)(H,85,86)(H,87,88)(H,89,90)(H2,60,61,91)(H,59,62,63,64)/t41?,42-,43-/m0/s1. The van der Waals surface area contributed by atoms with E-state index in [1.807, 2.05) is 4.90 Å². The van der Waals surface area contributed by atoms with E-state index >= 15 is 0 Å². The molecule has 1 aromatic heterocycles. The minimum atomic E-state index is -1.51. The molecule has 1 unspecified atom stereocenters. The Kier molecular flexibility index (Phi) is 33.1. The maximum absolute atomic E-state index is 12.4. The predicted molar refractivity (Wildman–Crippen MR) is 324 cm³/mol. The molecule has 91 heavy (non-hydrogen) atoms. The summed E-state index contributed by atoms with van der Waals surface area (Å²) >= 11 is 0. The van der Waals surface area contributed by atoms with E-state index in [9.17, 15) is 93.6 Å². The third kappa shape index (κ3) is 31.1. The van der Waals surface area contributed by atoms with E-state index in [-0.39, 0.29) is 102 Å². The van der Waals surface area contributed by atoms with Gasteiger partial charge in [-0.15, -0.1) is 0 Å². The van der Waals surface area contributed by atoms with Crippen molar-refractivity contribution in [2.24, 2.45) is 0 Å². The van der Waals surface area contributed by atoms with Crippen molar-refractivity contribution < 1.29 is 98.7 Å². The van der Waals surface area contributed by atoms with E-state index in [4.69, 9.17) is 5.11 Å². The Hall–Kier alpha value is -8.60. The summed E-state index contributed by atoms with van der Waals surface area (Å²) in [6.07, 6.45) is 8.17. The van der Waals surface area contributed by atoms with Crippen LogP contribution in [0, 0.1) is 0 Å². The normalized spacial score (nSPS) is 16.4. The fourth-order valence-electron chi connectivity index (χ4n) is 10.5. The number of anilines is 4. The lowest BCUT2D eigenvalue weighted by molar-refractivity contribution is -0.142. The third-order valence-corrected chi connectivity index (χ3v) is 15.2. The smallest absolute Gasteiger partial charge is 0.326 e. The monoisotopic (exact) mass is 1290 g/mol. The summed E-state index contributed by atoms with van der Waals surface area (Å²) in [6.45, 7) is 1.35. The van der Waals surface area contributed by atoms with Crippen molar-refractivity contribution in [2.75, 3.05) is 139 Å². The number of piperazine rings is 1. The second kappa shape index (κ2) is 40.2. The number of rotatable bonds is 41. The summed E-state index contributed by atoms with van der Waals surface area (Å²) in [7, 11) is 0. The van der Waals surface area contributed by atoms with E-state index in [0.29, 0.717) is 69.7 Å². The van der Waals surface area contributed by atoms with Crippen molar-refractivity contribution in [3.63, 3.8) is 0 Å². The Morgan fingerprint density at radius 1 is 0.495 bits per heavy atom. The summed E-state index contributed by atoms with van der Waals surface area (Å²) in [4.78, 5) is 156. The fourth-order valence-corrected chi connectivity index (χ4v) is 10.5. The van der Waals surface area contributed by atoms with E-state index in [2.05, 4.69) is 41.1 Å². The topological polar surface area (TPSA) is 479 Å². The van der Waals surface area contributed by atoms with E-state index in [0.717, 1.165) is 56.4 Å². The van der Waals surface area contributed by atoms with Crippen LogP contribution >= 0.6 is 0 Å². The Labute approximate surface area is 525 Å². The molecule has 2 aliphatic heterocycles. The number of aliphatic carboxylic acids is 9. The molecule has 4 rings (SSSR count). The van der Waals surface area contributed by atoms with Gasteiger partial charge in [0.1, 0.15) is 25.2 Å². The number of amides is 3. The summed E-state index contributed by atoms with van der Waals surface area (Å²) in [6, 6.07) is 2.43. The van der Waals surface area contributed by atoms with E-state index in [1.165, 1.54) is 0 Å². The number of urea groups is 1. The van der Waals surface area contributed by atoms with Crippen LogP contribution < -0.4 is 31.1 Å². The Morgan fingerprint density at radius 2 is 1.00 bits per heavy atom. The molecule has 13 N–H and O–H groups in total. The summed E-state index contributed by atoms with van der Waals surface area (Å²) in [5.41, 5.74) is 1.18. The Morgan fingerprint density at radius 3 is 1.54 bits per heavy atom. The number of nitrogens with one attached hydrogen (secondary N) is 4. The largest absolute Gasteiger partial charge is 0.481 e. The lowest BCUT2D eigenvalue weighted by Gasteiger charge is -2.37. The minimum Gasteiger partial charge on any atom is -0.481 e. The van der Waals surface area contributed by atoms with E-state index < -0.39 is 110 Å². The summed E-state index contributed by atoms with van der Waals surface area (Å²) in [5, 5.41) is 96.3. The molecule has 2 aliphatic rings. The number of nitrogens with zero attached hydrogens (tertiary/aromatic N) is 10. The molecule has 0 aliphatic carbocycles. The van der Waals surface area contributed by atoms with Crippen molar-refractivity contribution in [3.05, 3.63) is 29.8 Å². The molecule has 34 nitrogen and oxygen atoms in total. The molecule has 0 saturated carbocycles. The average Bonchev–Trinajstić information content (AvgIpc) is 1.14. The molecule has 0 radical (unpaired) electrons. The highest BCUT2D eigenvalue weighted by molar-refractivity contribution is 5.86. The first kappa shape index (κ1) is 74.9. The predicted octanol–water partition coefficient (Wildman–Crippen LogP) is 0.0517. The highest BCUT2D eigenvalue weighted by atomic mass is 16.4. The van der Waals surface area contributed by atoms with Gasteiger partial charge in [-0.05, 0) is 69.2 Å². The molecular formula is C57H88N14O20. The van der Waals surface area contributed by atoms with Gasteiger partial charge < -0.3 is 77.0 Å². The number of unbranched alkanes of at least 4 members (excludes halogenated alkanes) is 8. The molecule has 0 spiro atoms. The van der Waals surface area contributed by atoms with Crippen LogP contribution in [0.15, 0.2) is 24.3 Å². The maximum Gasteiger partial charge on any atom is 0.326 e. The Bertz CT molecular complexity index is 2710. The van der Waals surface area contributed by atoms with Gasteiger partial charge in [-0.2, -0.15) is 15.0 Å². The van der Waals surface area contributed by atoms with Gasteiger partial charge in [-0.3, -0.25) is 62.9 Å². The van der Waals surface area contributed by atoms with Crippen LogP contribution in [-0.2, 0) is 54.4 Å². The zero-order valence-corrected chi connectivity index (χ0v) is 51.1. The minimum absolute atomic E-state index is 0.00677. The van der Waals surface area contributed by atoms with Crippen molar-refractivity contribution in [2.45, 2.75) is 114 Å². The molecule has 0 bridgehead atoms. The number of carboxylic acid groups (broad SMARTS) is 9. The highest BCUT2D eigenvalue weighted by Crippen LogP contribution is 2.23. The van der Waals surface area contributed by atoms with Crippen molar-refractivity contribution in [1.29, 1.82) is 0 Å². The van der Waals surface area contributed by atoms with Crippen molar-refractivity contribution in [3.8, 4) is 0 Å². The first-order valence-electron chi connectivity index (χ1n) is 30.4. The molecule has 2 aromatic rings. The molecule has 3 heterocycles. The number of hydrogen-bond acceptors (Lipinski definition) is 22. The number of aromatic nitrogens is 3. The summed E-state index contributed by atoms with van der Waals surface area (Å²) in [5.74, 6) is -11.3. The lowest BCUT2D eigenvalue weighted by atomic mass is 10.0. The number of hydrogen-bond donors (Lipinski definition) is 13. The van der Waals surface area contributed by atoms with Gasteiger partial charge in [-0.25, -0.2) is 14.4 Å². The SMILES string of the molecule is O=C(O)CC[C@H](NC(=O)N[C@@H](CCCCNC(=O)CCCCCCCCCCN1CCN(c2nc(Nc3ccc(CC4CN(CC(=O)O)CCN(CC(=O)O)CCN(CC(=O)O)CCN4CC(=O)O)cc3)nc(N(CC(=O)O)CC(=O)O)n2)CC1)C(=O)O)C(=O)O. The first-order valence-corrected chi connectivity index (χ1v) is 30.4. The second-order valence-electron chi connectivity index (χ2n) is 22.5. The Balaban J connectivity index is 1.27. The quantitative estimate of drug-likeness (QED) is 0.0391. The van der Waals surface area contributed by atoms with Crippen LogP contribution in [0.5, 0.6) is 0 Å². The number of carboxylic acids is 9. The number of benzene rings is 1. The van der Waals surface area contributed by atoms with Gasteiger partial charge in [0.2, 0.25) is 23.8 Å². The zero-order chi connectivity index (χ0) is 66.8.